The van der Waals surface area contributed by atoms with Gasteiger partial charge in [-0.05, 0) is 12.0 Å². The molecule has 0 aromatic heterocycles. The summed E-state index contributed by atoms with van der Waals surface area (Å²) in [7, 11) is -3.66. The van der Waals surface area contributed by atoms with Gasteiger partial charge in [-0.25, -0.2) is 14.1 Å². The van der Waals surface area contributed by atoms with Gasteiger partial charge in [0, 0.05) is 67.6 Å². The van der Waals surface area contributed by atoms with Crippen LogP contribution in [-0.4, -0.2) is 123 Å². The van der Waals surface area contributed by atoms with Gasteiger partial charge in [0.05, 0.1) is 6.61 Å². The van der Waals surface area contributed by atoms with Crippen LogP contribution in [0.15, 0.2) is 30.3 Å². The van der Waals surface area contributed by atoms with E-state index < -0.39 is 49.5 Å². The van der Waals surface area contributed by atoms with Gasteiger partial charge in [-0.15, -0.1) is 46.4 Å². The lowest BCUT2D eigenvalue weighted by molar-refractivity contribution is -0.142. The molecule has 13 nitrogen and oxygen atoms in total. The fourth-order valence-corrected chi connectivity index (χ4v) is 8.59. The number of aliphatic carboxylic acids is 2. The van der Waals surface area contributed by atoms with Crippen molar-refractivity contribution in [3.05, 3.63) is 35.9 Å². The average Bonchev–Trinajstić information content (AvgIpc) is 3.01. The van der Waals surface area contributed by atoms with E-state index in [1.165, 1.54) is 11.8 Å². The zero-order chi connectivity index (χ0) is 33.8. The van der Waals surface area contributed by atoms with E-state index in [0.717, 1.165) is 0 Å². The molecule has 2 amide bonds. The van der Waals surface area contributed by atoms with Crippen molar-refractivity contribution in [1.82, 2.24) is 20.0 Å². The first-order chi connectivity index (χ1) is 21.4. The number of nitrogens with two attached hydrogens (primary N) is 1. The molecule has 3 atom stereocenters. The average molecular weight is 755 g/mol. The first-order valence-electron chi connectivity index (χ1n) is 13.9. The predicted molar refractivity (Wildman–Crippen MR) is 179 cm³/mol. The maximum Gasteiger partial charge on any atom is 0.346 e. The summed E-state index contributed by atoms with van der Waals surface area (Å²) in [6.45, 7) is 0.872. The molecule has 0 heterocycles. The number of thioether (sulfide) groups is 1. The summed E-state index contributed by atoms with van der Waals surface area (Å²) in [6, 6.07) is 4.17. The van der Waals surface area contributed by atoms with Crippen LogP contribution in [0.3, 0.4) is 0 Å². The van der Waals surface area contributed by atoms with Gasteiger partial charge < -0.3 is 31.1 Å². The molecule has 0 bridgehead atoms. The monoisotopic (exact) mass is 753 g/mol. The zero-order valence-corrected chi connectivity index (χ0v) is 29.2. The van der Waals surface area contributed by atoms with Gasteiger partial charge >= 0.3 is 19.6 Å². The van der Waals surface area contributed by atoms with E-state index in [0.29, 0.717) is 5.56 Å². The minimum atomic E-state index is -3.66. The van der Waals surface area contributed by atoms with E-state index in [-0.39, 0.29) is 80.7 Å². The first-order valence-corrected chi connectivity index (χ1v) is 18.7. The standard InChI is InChI=1S/C26H40Cl4N5O8PS/c27-8-12-34(13-9-28)44(42,35(14-10-29)15-11-30)43-16-17-45-18-21(32-22(36)7-6-20(31)25(38)39)24(37)33-23(26(40)41)19-4-2-1-3-5-19/h1-5,20-21,23H,6-18,31H2,(H,32,36)(H,33,37)(H,38,39)(H,40,41)/t20?,21-,23-/m1/s1. The number of hydrogen-bond acceptors (Lipinski definition) is 8. The van der Waals surface area contributed by atoms with Crippen molar-refractivity contribution in [2.45, 2.75) is 31.0 Å². The molecule has 0 fully saturated rings. The maximum absolute atomic E-state index is 14.2. The number of carboxylic acids is 2. The lowest BCUT2D eigenvalue weighted by atomic mass is 10.1. The molecular formula is C26H40Cl4N5O8PS. The second-order valence-corrected chi connectivity index (χ2v) is 14.4. The van der Waals surface area contributed by atoms with Crippen LogP contribution in [-0.2, 0) is 28.3 Å². The Bertz CT molecular complexity index is 1080. The molecule has 1 aromatic carbocycles. The fourth-order valence-electron chi connectivity index (χ4n) is 3.91. The van der Waals surface area contributed by atoms with Crippen LogP contribution in [0, 0.1) is 0 Å². The molecule has 6 N–H and O–H groups in total. The topological polar surface area (TPSA) is 192 Å². The van der Waals surface area contributed by atoms with Crippen molar-refractivity contribution in [3.63, 3.8) is 0 Å². The Morgan fingerprint density at radius 2 is 1.42 bits per heavy atom. The van der Waals surface area contributed by atoms with Crippen LogP contribution in [0.25, 0.3) is 0 Å². The molecule has 0 aliphatic carbocycles. The highest BCUT2D eigenvalue weighted by Crippen LogP contribution is 2.54. The molecule has 0 aliphatic rings. The van der Waals surface area contributed by atoms with Gasteiger partial charge in [0.25, 0.3) is 0 Å². The van der Waals surface area contributed by atoms with E-state index in [1.54, 1.807) is 39.7 Å². The van der Waals surface area contributed by atoms with Gasteiger partial charge in [-0.3, -0.25) is 18.9 Å². The number of carbonyl (C=O) groups is 4. The number of halogens is 4. The van der Waals surface area contributed by atoms with Crippen molar-refractivity contribution in [3.8, 4) is 0 Å². The fraction of sp³-hybridized carbons (Fsp3) is 0.615. The molecule has 45 heavy (non-hydrogen) atoms. The van der Waals surface area contributed by atoms with E-state index in [4.69, 9.17) is 61.8 Å². The third-order valence-corrected chi connectivity index (χ3v) is 10.6. The Morgan fingerprint density at radius 3 is 1.89 bits per heavy atom. The van der Waals surface area contributed by atoms with E-state index in [2.05, 4.69) is 10.6 Å². The van der Waals surface area contributed by atoms with Gasteiger partial charge in [0.15, 0.2) is 6.04 Å². The second kappa shape index (κ2) is 23.1. The molecule has 0 radical (unpaired) electrons. The summed E-state index contributed by atoms with van der Waals surface area (Å²) < 4.78 is 23.2. The minimum Gasteiger partial charge on any atom is -0.480 e. The predicted octanol–water partition coefficient (Wildman–Crippen LogP) is 3.02. The maximum atomic E-state index is 14.2. The van der Waals surface area contributed by atoms with Crippen molar-refractivity contribution in [1.29, 1.82) is 0 Å². The van der Waals surface area contributed by atoms with E-state index in [9.17, 15) is 28.8 Å². The third kappa shape index (κ3) is 15.0. The number of alkyl halides is 4. The summed E-state index contributed by atoms with van der Waals surface area (Å²) in [5, 5.41) is 23.7. The van der Waals surface area contributed by atoms with Crippen molar-refractivity contribution < 1.29 is 38.5 Å². The Hall–Kier alpha value is -1.32. The summed E-state index contributed by atoms with van der Waals surface area (Å²) in [6.07, 6.45) is -0.445. The van der Waals surface area contributed by atoms with E-state index >= 15 is 0 Å². The smallest absolute Gasteiger partial charge is 0.346 e. The van der Waals surface area contributed by atoms with Crippen LogP contribution < -0.4 is 16.4 Å². The zero-order valence-electron chi connectivity index (χ0n) is 24.5. The van der Waals surface area contributed by atoms with Crippen LogP contribution in [0.2, 0.25) is 0 Å². The lowest BCUT2D eigenvalue weighted by Crippen LogP contribution is -2.50. The lowest BCUT2D eigenvalue weighted by Gasteiger charge is -2.37. The highest BCUT2D eigenvalue weighted by Gasteiger charge is 2.38. The Kier molecular flexibility index (Phi) is 21.4. The van der Waals surface area contributed by atoms with Crippen LogP contribution in [0.1, 0.15) is 24.4 Å². The number of amides is 2. The van der Waals surface area contributed by atoms with E-state index in [1.807, 2.05) is 0 Å². The highest BCUT2D eigenvalue weighted by molar-refractivity contribution is 7.99. The molecule has 1 unspecified atom stereocenters. The SMILES string of the molecule is NC(CCC(=O)N[C@H](CSCCOP(=O)(N(CCCl)CCCl)N(CCCl)CCCl)C(=O)N[C@@H](C(=O)O)c1ccccc1)C(=O)O. The normalized spacial score (nSPS) is 13.8. The van der Waals surface area contributed by atoms with Crippen molar-refractivity contribution in [2.24, 2.45) is 5.73 Å². The van der Waals surface area contributed by atoms with Crippen molar-refractivity contribution >= 4 is 89.6 Å². The highest BCUT2D eigenvalue weighted by atomic mass is 35.5. The summed E-state index contributed by atoms with van der Waals surface area (Å²) in [5.74, 6) is -3.11. The molecule has 0 saturated carbocycles. The van der Waals surface area contributed by atoms with Gasteiger partial charge in [-0.1, -0.05) is 30.3 Å². The number of nitrogens with one attached hydrogen (secondary N) is 2. The van der Waals surface area contributed by atoms with Gasteiger partial charge in [-0.2, -0.15) is 11.8 Å². The number of hydrogen-bond donors (Lipinski definition) is 5. The Balaban J connectivity index is 3.04. The van der Waals surface area contributed by atoms with Crippen LogP contribution >= 0.6 is 65.8 Å². The van der Waals surface area contributed by atoms with Crippen molar-refractivity contribution in [2.75, 3.05) is 67.8 Å². The largest absolute Gasteiger partial charge is 0.480 e. The quantitative estimate of drug-likeness (QED) is 0.0558. The number of benzene rings is 1. The third-order valence-electron chi connectivity index (χ3n) is 6.17. The number of nitrogens with zero attached hydrogens (tertiary/aromatic N) is 2. The molecule has 256 valence electrons. The molecule has 0 aliphatic heterocycles. The number of carboxylic acid groups (broad SMARTS) is 2. The molecule has 1 rings (SSSR count). The Morgan fingerprint density at radius 1 is 0.889 bits per heavy atom. The molecule has 0 spiro atoms. The van der Waals surface area contributed by atoms with Gasteiger partial charge in [0.2, 0.25) is 11.8 Å². The molecular weight excluding hydrogens is 715 g/mol. The molecule has 19 heteroatoms. The molecule has 1 aromatic rings. The Labute approximate surface area is 287 Å². The van der Waals surface area contributed by atoms with Crippen LogP contribution in [0.4, 0.5) is 0 Å². The summed E-state index contributed by atoms with van der Waals surface area (Å²) in [4.78, 5) is 48.8. The summed E-state index contributed by atoms with van der Waals surface area (Å²) >= 11 is 25.0. The van der Waals surface area contributed by atoms with Gasteiger partial charge in [0.1, 0.15) is 12.1 Å². The number of carbonyl (C=O) groups excluding carboxylic acids is 2. The molecule has 0 saturated heterocycles. The minimum absolute atomic E-state index is 0.0164. The van der Waals surface area contributed by atoms with Crippen LogP contribution in [0.5, 0.6) is 0 Å². The second-order valence-electron chi connectivity index (χ2n) is 9.36. The number of rotatable bonds is 25. The summed E-state index contributed by atoms with van der Waals surface area (Å²) in [5.41, 5.74) is 5.81. The first kappa shape index (κ1) is 41.7.